The number of fused-ring (bicyclic) bond motifs is 2. The van der Waals surface area contributed by atoms with E-state index in [1.165, 1.54) is 5.56 Å². The van der Waals surface area contributed by atoms with Crippen molar-refractivity contribution in [3.8, 4) is 11.1 Å². The molecule has 0 radical (unpaired) electrons. The Morgan fingerprint density at radius 1 is 1.08 bits per heavy atom. The van der Waals surface area contributed by atoms with Crippen molar-refractivity contribution in [2.45, 2.75) is 39.2 Å². The molecule has 3 aromatic rings. The summed E-state index contributed by atoms with van der Waals surface area (Å²) in [7, 11) is 0. The van der Waals surface area contributed by atoms with Gasteiger partial charge in [0.1, 0.15) is 5.69 Å². The minimum Gasteiger partial charge on any atom is -0.335 e. The summed E-state index contributed by atoms with van der Waals surface area (Å²) in [6.07, 6.45) is 2.82. The number of para-hydroxylation sites is 1. The van der Waals surface area contributed by atoms with Gasteiger partial charge in [-0.2, -0.15) is 0 Å². The van der Waals surface area contributed by atoms with Crippen LogP contribution < -0.4 is 0 Å². The molecule has 0 N–H and O–H groups in total. The maximum absolute atomic E-state index is 13.3. The second-order valence-electron chi connectivity index (χ2n) is 7.06. The number of rotatable bonds is 3. The Morgan fingerprint density at radius 3 is 2.58 bits per heavy atom. The Hall–Kier alpha value is -2.68. The van der Waals surface area contributed by atoms with Crippen LogP contribution in [-0.4, -0.2) is 28.4 Å². The van der Waals surface area contributed by atoms with Gasteiger partial charge in [0.25, 0.3) is 5.91 Å². The predicted molar refractivity (Wildman–Crippen MR) is 106 cm³/mol. The van der Waals surface area contributed by atoms with E-state index in [0.29, 0.717) is 5.69 Å². The lowest BCUT2D eigenvalue weighted by atomic mass is 9.92. The molecule has 0 spiro atoms. The molecule has 132 valence electrons. The molecule has 2 aromatic carbocycles. The van der Waals surface area contributed by atoms with Crippen molar-refractivity contribution in [3.63, 3.8) is 0 Å². The first-order chi connectivity index (χ1) is 12.7. The number of aromatic nitrogens is 1. The monoisotopic (exact) mass is 344 g/mol. The Kier molecular flexibility index (Phi) is 4.46. The van der Waals surface area contributed by atoms with Crippen LogP contribution >= 0.6 is 0 Å². The molecular weight excluding hydrogens is 320 g/mol. The lowest BCUT2D eigenvalue weighted by molar-refractivity contribution is 0.0689. The fourth-order valence-electron chi connectivity index (χ4n) is 3.91. The van der Waals surface area contributed by atoms with E-state index in [1.807, 2.05) is 29.2 Å². The van der Waals surface area contributed by atoms with Crippen molar-refractivity contribution in [1.82, 2.24) is 9.88 Å². The fourth-order valence-corrected chi connectivity index (χ4v) is 3.91. The quantitative estimate of drug-likeness (QED) is 0.663. The lowest BCUT2D eigenvalue weighted by Crippen LogP contribution is -2.38. The van der Waals surface area contributed by atoms with Crippen molar-refractivity contribution < 1.29 is 4.79 Å². The van der Waals surface area contributed by atoms with Gasteiger partial charge in [-0.25, -0.2) is 4.98 Å². The average Bonchev–Trinajstić information content (AvgIpc) is 2.85. The van der Waals surface area contributed by atoms with Crippen molar-refractivity contribution in [2.24, 2.45) is 0 Å². The first-order valence-electron chi connectivity index (χ1n) is 9.48. The Balaban J connectivity index is 2.00. The van der Waals surface area contributed by atoms with Gasteiger partial charge >= 0.3 is 0 Å². The molecule has 0 saturated carbocycles. The normalized spacial score (nSPS) is 15.6. The highest BCUT2D eigenvalue weighted by molar-refractivity contribution is 6.04. The maximum atomic E-state index is 13.3. The fraction of sp³-hybridized carbons (Fsp3) is 0.304. The van der Waals surface area contributed by atoms with Crippen molar-refractivity contribution >= 4 is 16.8 Å². The van der Waals surface area contributed by atoms with E-state index in [1.54, 1.807) is 0 Å². The summed E-state index contributed by atoms with van der Waals surface area (Å²) >= 11 is 0. The zero-order chi connectivity index (χ0) is 18.1. The Bertz CT molecular complexity index is 949. The van der Waals surface area contributed by atoms with E-state index in [9.17, 15) is 4.79 Å². The minimum absolute atomic E-state index is 0.0785. The van der Waals surface area contributed by atoms with E-state index < -0.39 is 0 Å². The van der Waals surface area contributed by atoms with Crippen LogP contribution in [0.1, 0.15) is 42.7 Å². The second-order valence-corrected chi connectivity index (χ2v) is 7.06. The van der Waals surface area contributed by atoms with Gasteiger partial charge in [-0.1, -0.05) is 55.5 Å². The first kappa shape index (κ1) is 16.8. The Labute approximate surface area is 154 Å². The van der Waals surface area contributed by atoms with Crippen LogP contribution in [0, 0.1) is 0 Å². The van der Waals surface area contributed by atoms with Gasteiger partial charge in [0.15, 0.2) is 0 Å². The van der Waals surface area contributed by atoms with E-state index in [4.69, 9.17) is 4.98 Å². The molecule has 1 unspecified atom stereocenters. The van der Waals surface area contributed by atoms with E-state index in [-0.39, 0.29) is 11.9 Å². The summed E-state index contributed by atoms with van der Waals surface area (Å²) in [6.45, 7) is 5.06. The summed E-state index contributed by atoms with van der Waals surface area (Å²) in [5.74, 6) is 0.0785. The number of nitrogens with zero attached hydrogens (tertiary/aromatic N) is 2. The zero-order valence-corrected chi connectivity index (χ0v) is 15.4. The first-order valence-corrected chi connectivity index (χ1v) is 9.48. The van der Waals surface area contributed by atoms with Crippen LogP contribution in [0.3, 0.4) is 0 Å². The molecule has 0 saturated heterocycles. The summed E-state index contributed by atoms with van der Waals surface area (Å²) < 4.78 is 0. The SMILES string of the molecule is CCC(C)N1CCCc2c(nc3ccccc3c2-c2ccccc2)C1=O. The van der Waals surface area contributed by atoms with E-state index >= 15 is 0 Å². The minimum atomic E-state index is 0.0785. The maximum Gasteiger partial charge on any atom is 0.273 e. The number of benzene rings is 2. The zero-order valence-electron chi connectivity index (χ0n) is 15.4. The average molecular weight is 344 g/mol. The topological polar surface area (TPSA) is 33.2 Å². The molecule has 3 nitrogen and oxygen atoms in total. The number of carbonyl (C=O) groups is 1. The van der Waals surface area contributed by atoms with Crippen LogP contribution in [0.25, 0.3) is 22.0 Å². The van der Waals surface area contributed by atoms with Crippen LogP contribution in [0.4, 0.5) is 0 Å². The third kappa shape index (κ3) is 2.78. The van der Waals surface area contributed by atoms with Crippen LogP contribution in [-0.2, 0) is 6.42 Å². The predicted octanol–water partition coefficient (Wildman–Crippen LogP) is 5.09. The van der Waals surface area contributed by atoms with Gasteiger partial charge in [-0.15, -0.1) is 0 Å². The van der Waals surface area contributed by atoms with E-state index in [0.717, 1.165) is 47.8 Å². The number of hydrogen-bond donors (Lipinski definition) is 0. The number of carbonyl (C=O) groups excluding carboxylic acids is 1. The van der Waals surface area contributed by atoms with Crippen molar-refractivity contribution in [2.75, 3.05) is 6.54 Å². The summed E-state index contributed by atoms with van der Waals surface area (Å²) in [5, 5.41) is 1.13. The van der Waals surface area contributed by atoms with Gasteiger partial charge in [0.05, 0.1) is 5.52 Å². The molecule has 0 bridgehead atoms. The summed E-state index contributed by atoms with van der Waals surface area (Å²) in [5.41, 5.74) is 4.97. The number of hydrogen-bond acceptors (Lipinski definition) is 2. The van der Waals surface area contributed by atoms with E-state index in [2.05, 4.69) is 44.2 Å². The van der Waals surface area contributed by atoms with Crippen molar-refractivity contribution in [1.29, 1.82) is 0 Å². The molecule has 26 heavy (non-hydrogen) atoms. The summed E-state index contributed by atoms with van der Waals surface area (Å²) in [4.78, 5) is 20.1. The molecule has 4 rings (SSSR count). The smallest absolute Gasteiger partial charge is 0.273 e. The molecule has 1 aliphatic heterocycles. The van der Waals surface area contributed by atoms with Gasteiger partial charge in [-0.05, 0) is 48.9 Å². The largest absolute Gasteiger partial charge is 0.335 e. The van der Waals surface area contributed by atoms with Gasteiger partial charge in [-0.3, -0.25) is 4.79 Å². The highest BCUT2D eigenvalue weighted by atomic mass is 16.2. The second kappa shape index (κ2) is 6.91. The number of pyridine rings is 1. The molecule has 2 heterocycles. The molecule has 0 aliphatic carbocycles. The molecule has 1 atom stereocenters. The highest BCUT2D eigenvalue weighted by Crippen LogP contribution is 2.35. The van der Waals surface area contributed by atoms with Crippen LogP contribution in [0.2, 0.25) is 0 Å². The number of amides is 1. The summed E-state index contributed by atoms with van der Waals surface area (Å²) in [6, 6.07) is 18.8. The Morgan fingerprint density at radius 2 is 1.81 bits per heavy atom. The van der Waals surface area contributed by atoms with Gasteiger partial charge < -0.3 is 4.90 Å². The third-order valence-electron chi connectivity index (χ3n) is 5.47. The molecule has 3 heteroatoms. The lowest BCUT2D eigenvalue weighted by Gasteiger charge is -2.27. The van der Waals surface area contributed by atoms with Crippen molar-refractivity contribution in [3.05, 3.63) is 65.9 Å². The standard InChI is InChI=1S/C23H24N2O/c1-3-16(2)25-15-9-13-19-21(17-10-5-4-6-11-17)18-12-7-8-14-20(18)24-22(19)23(25)26/h4-8,10-12,14,16H,3,9,13,15H2,1-2H3. The van der Waals surface area contributed by atoms with Gasteiger partial charge in [0.2, 0.25) is 0 Å². The van der Waals surface area contributed by atoms with Crippen LogP contribution in [0.15, 0.2) is 54.6 Å². The third-order valence-corrected chi connectivity index (χ3v) is 5.47. The van der Waals surface area contributed by atoms with Gasteiger partial charge in [0, 0.05) is 18.0 Å². The molecule has 1 aromatic heterocycles. The molecular formula is C23H24N2O. The molecule has 1 amide bonds. The molecule has 1 aliphatic rings. The molecule has 0 fully saturated rings. The van der Waals surface area contributed by atoms with Crippen LogP contribution in [0.5, 0.6) is 0 Å². The highest BCUT2D eigenvalue weighted by Gasteiger charge is 2.29.